The molecule has 1 saturated heterocycles. The van der Waals surface area contributed by atoms with Crippen molar-refractivity contribution in [2.75, 3.05) is 25.5 Å². The van der Waals surface area contributed by atoms with E-state index in [9.17, 15) is 19.5 Å². The molecule has 1 aliphatic rings. The van der Waals surface area contributed by atoms with Crippen molar-refractivity contribution < 1.29 is 24.2 Å². The van der Waals surface area contributed by atoms with Crippen molar-refractivity contribution in [3.8, 4) is 5.75 Å². The molecule has 0 unspecified atom stereocenters. The van der Waals surface area contributed by atoms with E-state index in [1.54, 1.807) is 36.5 Å². The van der Waals surface area contributed by atoms with Gasteiger partial charge in [0, 0.05) is 28.9 Å². The summed E-state index contributed by atoms with van der Waals surface area (Å²) in [5, 5.41) is 13.2. The van der Waals surface area contributed by atoms with Crippen LogP contribution < -0.4 is 10.1 Å². The Balaban J connectivity index is 0.00000289. The highest BCUT2D eigenvalue weighted by Crippen LogP contribution is 2.34. The highest BCUT2D eigenvalue weighted by atomic mass is 35.5. The molecule has 9 nitrogen and oxygen atoms in total. The lowest BCUT2D eigenvalue weighted by Gasteiger charge is -2.20. The van der Waals surface area contributed by atoms with Gasteiger partial charge in [0.25, 0.3) is 5.91 Å². The highest BCUT2D eigenvalue weighted by molar-refractivity contribution is 6.04. The zero-order valence-electron chi connectivity index (χ0n) is 17.4. The largest absolute Gasteiger partial charge is 0.486 e. The van der Waals surface area contributed by atoms with Crippen LogP contribution in [0.25, 0.3) is 10.9 Å². The molecule has 0 spiro atoms. The van der Waals surface area contributed by atoms with E-state index in [0.717, 1.165) is 19.4 Å². The molecule has 0 radical (unpaired) electrons. The van der Waals surface area contributed by atoms with Gasteiger partial charge in [-0.2, -0.15) is 0 Å². The first kappa shape index (κ1) is 23.2. The maximum Gasteiger partial charge on any atom is 0.416 e. The van der Waals surface area contributed by atoms with Crippen molar-refractivity contribution in [3.63, 3.8) is 0 Å². The van der Waals surface area contributed by atoms with Crippen molar-refractivity contribution in [1.82, 2.24) is 14.5 Å². The number of pyridine rings is 1. The van der Waals surface area contributed by atoms with Crippen molar-refractivity contribution in [2.24, 2.45) is 0 Å². The summed E-state index contributed by atoms with van der Waals surface area (Å²) in [6.07, 6.45) is 3.05. The average molecular weight is 459 g/mol. The number of fused-ring (bicyclic) bond motifs is 1. The van der Waals surface area contributed by atoms with E-state index in [0.29, 0.717) is 34.2 Å². The Bertz CT molecular complexity index is 1150. The molecule has 0 bridgehead atoms. The van der Waals surface area contributed by atoms with Crippen LogP contribution >= 0.6 is 12.4 Å². The number of carbonyl (C=O) groups is 3. The van der Waals surface area contributed by atoms with E-state index in [2.05, 4.69) is 15.2 Å². The Hall–Kier alpha value is -3.43. The number of carbonyl (C=O) groups excluding carboxylic acids is 2. The summed E-state index contributed by atoms with van der Waals surface area (Å²) in [7, 11) is 1.99. The normalized spacial score (nSPS) is 15.8. The highest BCUT2D eigenvalue weighted by Gasteiger charge is 2.28. The van der Waals surface area contributed by atoms with Crippen LogP contribution in [0, 0.1) is 0 Å². The van der Waals surface area contributed by atoms with E-state index >= 15 is 0 Å². The molecule has 10 heteroatoms. The summed E-state index contributed by atoms with van der Waals surface area (Å²) < 4.78 is 6.45. The molecule has 1 fully saturated rings. The van der Waals surface area contributed by atoms with Crippen LogP contribution in [0.5, 0.6) is 5.75 Å². The Morgan fingerprint density at radius 1 is 1.28 bits per heavy atom. The number of carboxylic acid groups (broad SMARTS) is 1. The third kappa shape index (κ3) is 4.58. The van der Waals surface area contributed by atoms with Crippen molar-refractivity contribution in [3.05, 3.63) is 53.9 Å². The van der Waals surface area contributed by atoms with Gasteiger partial charge >= 0.3 is 6.09 Å². The van der Waals surface area contributed by atoms with Gasteiger partial charge in [0.05, 0.1) is 11.6 Å². The maximum atomic E-state index is 12.6. The lowest BCUT2D eigenvalue weighted by Crippen LogP contribution is -2.22. The summed E-state index contributed by atoms with van der Waals surface area (Å²) in [4.78, 5) is 41.4. The predicted octanol–water partition coefficient (Wildman–Crippen LogP) is 3.58. The molecule has 2 N–H and O–H groups in total. The molecular weight excluding hydrogens is 436 g/mol. The SMILES string of the molecule is CN1CCC[C@@H]1c1cc2cnc(NC(=O)c3ccc(OCC=O)cc3)cc2n1C(=O)O.Cl. The standard InChI is InChI=1S/C22H22N4O5.ClH/c1-25-8-2-3-17(25)19-11-15-13-23-20(12-18(15)26(19)22(29)30)24-21(28)14-4-6-16(7-5-14)31-10-9-27;/h4-7,9,11-13,17H,2-3,8,10H2,1H3,(H,29,30)(H,23,24,28);1H/t17-;/m1./s1. The number of halogens is 1. The van der Waals surface area contributed by atoms with Gasteiger partial charge in [-0.05, 0) is 56.8 Å². The van der Waals surface area contributed by atoms with Crippen molar-refractivity contribution in [2.45, 2.75) is 18.9 Å². The minimum Gasteiger partial charge on any atom is -0.486 e. The third-order valence-corrected chi connectivity index (χ3v) is 5.44. The number of likely N-dealkylation sites (tertiary alicyclic amines) is 1. The van der Waals surface area contributed by atoms with Gasteiger partial charge in [0.1, 0.15) is 18.2 Å². The number of aldehydes is 1. The summed E-state index contributed by atoms with van der Waals surface area (Å²) in [6, 6.07) is 9.78. The molecule has 1 atom stereocenters. The predicted molar refractivity (Wildman–Crippen MR) is 121 cm³/mol. The first-order valence-electron chi connectivity index (χ1n) is 9.90. The number of aromatic nitrogens is 2. The zero-order valence-corrected chi connectivity index (χ0v) is 18.2. The van der Waals surface area contributed by atoms with E-state index in [-0.39, 0.29) is 30.9 Å². The van der Waals surface area contributed by atoms with Gasteiger partial charge in [-0.15, -0.1) is 12.4 Å². The number of anilines is 1. The fourth-order valence-corrected chi connectivity index (χ4v) is 3.96. The van der Waals surface area contributed by atoms with Crippen molar-refractivity contribution >= 4 is 47.4 Å². The maximum absolute atomic E-state index is 12.6. The number of nitrogens with one attached hydrogen (secondary N) is 1. The zero-order chi connectivity index (χ0) is 22.0. The van der Waals surface area contributed by atoms with E-state index < -0.39 is 12.0 Å². The van der Waals surface area contributed by atoms with Crippen LogP contribution in [0.2, 0.25) is 0 Å². The van der Waals surface area contributed by atoms with Crippen LogP contribution in [0.1, 0.15) is 34.9 Å². The first-order chi connectivity index (χ1) is 15.0. The number of ether oxygens (including phenoxy) is 1. The third-order valence-electron chi connectivity index (χ3n) is 5.44. The van der Waals surface area contributed by atoms with Crippen molar-refractivity contribution in [1.29, 1.82) is 0 Å². The van der Waals surface area contributed by atoms with E-state index in [4.69, 9.17) is 4.74 Å². The number of hydrogen-bond donors (Lipinski definition) is 2. The molecule has 0 aliphatic carbocycles. The van der Waals surface area contributed by atoms with Crippen LogP contribution in [-0.2, 0) is 4.79 Å². The molecule has 4 rings (SSSR count). The number of hydrogen-bond acceptors (Lipinski definition) is 6. The molecule has 3 heterocycles. The van der Waals surface area contributed by atoms with Crippen LogP contribution in [0.15, 0.2) is 42.6 Å². The molecule has 1 amide bonds. The van der Waals surface area contributed by atoms with Gasteiger partial charge in [0.15, 0.2) is 6.29 Å². The van der Waals surface area contributed by atoms with Crippen LogP contribution in [-0.4, -0.2) is 58.0 Å². The number of nitrogens with zero attached hydrogens (tertiary/aromatic N) is 3. The van der Waals surface area contributed by atoms with E-state index in [1.165, 1.54) is 4.57 Å². The second-order valence-electron chi connectivity index (χ2n) is 7.41. The fourth-order valence-electron chi connectivity index (χ4n) is 3.96. The molecule has 1 aliphatic heterocycles. The lowest BCUT2D eigenvalue weighted by molar-refractivity contribution is -0.109. The average Bonchev–Trinajstić information content (AvgIpc) is 3.35. The Kier molecular flexibility index (Phi) is 7.12. The van der Waals surface area contributed by atoms with Crippen LogP contribution in [0.4, 0.5) is 10.6 Å². The van der Waals surface area contributed by atoms with Gasteiger partial charge in [-0.1, -0.05) is 0 Å². The number of benzene rings is 1. The molecule has 3 aromatic rings. The Morgan fingerprint density at radius 2 is 2.03 bits per heavy atom. The summed E-state index contributed by atoms with van der Waals surface area (Å²) in [5.74, 6) is 0.343. The molecule has 32 heavy (non-hydrogen) atoms. The summed E-state index contributed by atoms with van der Waals surface area (Å²) in [6.45, 7) is 0.863. The number of amides is 1. The summed E-state index contributed by atoms with van der Waals surface area (Å²) in [5.41, 5.74) is 1.56. The topological polar surface area (TPSA) is 114 Å². The molecule has 2 aromatic heterocycles. The molecule has 168 valence electrons. The molecule has 1 aromatic carbocycles. The summed E-state index contributed by atoms with van der Waals surface area (Å²) >= 11 is 0. The second-order valence-corrected chi connectivity index (χ2v) is 7.41. The Labute approximate surface area is 190 Å². The van der Waals surface area contributed by atoms with Gasteiger partial charge < -0.3 is 15.2 Å². The fraction of sp³-hybridized carbons (Fsp3) is 0.273. The first-order valence-corrected chi connectivity index (χ1v) is 9.90. The number of rotatable bonds is 6. The minimum absolute atomic E-state index is 0. The van der Waals surface area contributed by atoms with Crippen LogP contribution in [0.3, 0.4) is 0 Å². The van der Waals surface area contributed by atoms with E-state index in [1.807, 2.05) is 13.1 Å². The second kappa shape index (κ2) is 9.80. The minimum atomic E-state index is -1.07. The van der Waals surface area contributed by atoms with Gasteiger partial charge in [0.2, 0.25) is 0 Å². The monoisotopic (exact) mass is 458 g/mol. The molecular formula is C22H23ClN4O5. The van der Waals surface area contributed by atoms with Gasteiger partial charge in [-0.25, -0.2) is 14.3 Å². The Morgan fingerprint density at radius 3 is 2.66 bits per heavy atom. The smallest absolute Gasteiger partial charge is 0.416 e. The molecule has 0 saturated carbocycles. The van der Waals surface area contributed by atoms with Gasteiger partial charge in [-0.3, -0.25) is 14.5 Å². The lowest BCUT2D eigenvalue weighted by atomic mass is 10.1. The quantitative estimate of drug-likeness (QED) is 0.542.